The summed E-state index contributed by atoms with van der Waals surface area (Å²) in [5, 5.41) is 19.6. The third-order valence-corrected chi connectivity index (χ3v) is 5.02. The van der Waals surface area contributed by atoms with Gasteiger partial charge in [-0.3, -0.25) is 10.1 Å². The van der Waals surface area contributed by atoms with E-state index in [1.165, 1.54) is 31.7 Å². The van der Waals surface area contributed by atoms with Crippen LogP contribution in [0.5, 0.6) is 0 Å². The lowest BCUT2D eigenvalue weighted by atomic mass is 10.2. The van der Waals surface area contributed by atoms with Crippen LogP contribution in [0.15, 0.2) is 42.6 Å². The number of amides is 2. The minimum absolute atomic E-state index is 0.0138. The molecule has 0 atom stereocenters. The zero-order valence-electron chi connectivity index (χ0n) is 17.0. The van der Waals surface area contributed by atoms with E-state index in [-0.39, 0.29) is 11.7 Å². The molecule has 30 heavy (non-hydrogen) atoms. The Bertz CT molecular complexity index is 852. The maximum absolute atomic E-state index is 12.1. The molecule has 1 aromatic heterocycles. The molecular weight excluding hydrogens is 384 g/mol. The summed E-state index contributed by atoms with van der Waals surface area (Å²) in [6.07, 6.45) is 6.69. The van der Waals surface area contributed by atoms with Gasteiger partial charge in [-0.15, -0.1) is 0 Å². The molecule has 1 aliphatic rings. The number of hydrogen-bond acceptors (Lipinski definition) is 6. The Balaban J connectivity index is 1.41. The van der Waals surface area contributed by atoms with Crippen LogP contribution in [-0.2, 0) is 6.54 Å². The number of hydrogen-bond donors (Lipinski definition) is 3. The van der Waals surface area contributed by atoms with Gasteiger partial charge in [0.1, 0.15) is 11.5 Å². The van der Waals surface area contributed by atoms with Crippen molar-refractivity contribution in [3.05, 3.63) is 58.3 Å². The van der Waals surface area contributed by atoms with Gasteiger partial charge in [-0.25, -0.2) is 9.78 Å². The minimum atomic E-state index is -0.433. The average molecular weight is 412 g/mol. The van der Waals surface area contributed by atoms with Crippen molar-refractivity contribution in [2.45, 2.75) is 32.2 Å². The van der Waals surface area contributed by atoms with E-state index < -0.39 is 4.92 Å². The van der Waals surface area contributed by atoms with Gasteiger partial charge in [-0.05, 0) is 36.6 Å². The molecule has 1 saturated heterocycles. The molecule has 3 N–H and O–H groups in total. The first kappa shape index (κ1) is 21.4. The highest BCUT2D eigenvalue weighted by Gasteiger charge is 2.12. The second-order valence-electron chi connectivity index (χ2n) is 7.23. The maximum Gasteiger partial charge on any atom is 0.315 e. The number of rotatable bonds is 8. The fourth-order valence-electron chi connectivity index (χ4n) is 3.44. The topological polar surface area (TPSA) is 112 Å². The van der Waals surface area contributed by atoms with Gasteiger partial charge in [0, 0.05) is 45.0 Å². The van der Waals surface area contributed by atoms with Gasteiger partial charge in [-0.2, -0.15) is 0 Å². The van der Waals surface area contributed by atoms with Gasteiger partial charge in [0.2, 0.25) is 0 Å². The molecular formula is C21H28N6O3. The summed E-state index contributed by atoms with van der Waals surface area (Å²) in [4.78, 5) is 29.4. The predicted octanol–water partition coefficient (Wildman–Crippen LogP) is 3.28. The SMILES string of the molecule is O=C(NCCNc1ccccc1[N+](=O)[O-])NCc1ccnc(N2CCCCCC2)c1. The van der Waals surface area contributed by atoms with Gasteiger partial charge in [0.15, 0.2) is 0 Å². The molecule has 2 amide bonds. The highest BCUT2D eigenvalue weighted by molar-refractivity contribution is 5.74. The van der Waals surface area contributed by atoms with E-state index >= 15 is 0 Å². The van der Waals surface area contributed by atoms with E-state index in [1.54, 1.807) is 24.4 Å². The first-order valence-electron chi connectivity index (χ1n) is 10.3. The van der Waals surface area contributed by atoms with Gasteiger partial charge in [0.05, 0.1) is 4.92 Å². The zero-order chi connectivity index (χ0) is 21.2. The van der Waals surface area contributed by atoms with Gasteiger partial charge < -0.3 is 20.9 Å². The number of nitrogens with one attached hydrogen (secondary N) is 3. The van der Waals surface area contributed by atoms with Crippen molar-refractivity contribution in [3.8, 4) is 0 Å². The molecule has 0 spiro atoms. The van der Waals surface area contributed by atoms with Gasteiger partial charge >= 0.3 is 6.03 Å². The molecule has 0 radical (unpaired) electrons. The Morgan fingerprint density at radius 1 is 1.07 bits per heavy atom. The Kier molecular flexibility index (Phi) is 7.82. The van der Waals surface area contributed by atoms with Gasteiger partial charge in [-0.1, -0.05) is 25.0 Å². The number of anilines is 2. The van der Waals surface area contributed by atoms with Crippen LogP contribution in [0, 0.1) is 10.1 Å². The van der Waals surface area contributed by atoms with E-state index in [1.807, 2.05) is 12.1 Å². The second-order valence-corrected chi connectivity index (χ2v) is 7.23. The van der Waals surface area contributed by atoms with Gasteiger partial charge in [0.25, 0.3) is 5.69 Å². The molecule has 0 aliphatic carbocycles. The van der Waals surface area contributed by atoms with E-state index in [0.29, 0.717) is 25.3 Å². The molecule has 160 valence electrons. The number of nitrogens with zero attached hydrogens (tertiary/aromatic N) is 3. The van der Waals surface area contributed by atoms with Crippen LogP contribution in [-0.4, -0.2) is 42.1 Å². The quantitative estimate of drug-likeness (QED) is 0.348. The molecule has 1 aliphatic heterocycles. The number of carbonyl (C=O) groups is 1. The van der Waals surface area contributed by atoms with Crippen LogP contribution < -0.4 is 20.9 Å². The number of nitro benzene ring substituents is 1. The number of urea groups is 1. The first-order chi connectivity index (χ1) is 14.6. The van der Waals surface area contributed by atoms with Crippen LogP contribution in [0.2, 0.25) is 0 Å². The molecule has 9 nitrogen and oxygen atoms in total. The van der Waals surface area contributed by atoms with Crippen molar-refractivity contribution in [1.82, 2.24) is 15.6 Å². The van der Waals surface area contributed by atoms with Crippen molar-refractivity contribution < 1.29 is 9.72 Å². The van der Waals surface area contributed by atoms with Crippen LogP contribution >= 0.6 is 0 Å². The molecule has 0 saturated carbocycles. The number of nitro groups is 1. The second kappa shape index (κ2) is 11.0. The normalized spacial score (nSPS) is 13.9. The molecule has 2 heterocycles. The molecule has 0 unspecified atom stereocenters. The highest BCUT2D eigenvalue weighted by Crippen LogP contribution is 2.22. The van der Waals surface area contributed by atoms with E-state index in [9.17, 15) is 14.9 Å². The third-order valence-electron chi connectivity index (χ3n) is 5.02. The lowest BCUT2D eigenvalue weighted by Crippen LogP contribution is -2.37. The Labute approximate surface area is 176 Å². The largest absolute Gasteiger partial charge is 0.378 e. The summed E-state index contributed by atoms with van der Waals surface area (Å²) in [5.74, 6) is 0.963. The van der Waals surface area contributed by atoms with Crippen LogP contribution in [0.4, 0.5) is 22.0 Å². The summed E-state index contributed by atoms with van der Waals surface area (Å²) >= 11 is 0. The molecule has 3 rings (SSSR count). The minimum Gasteiger partial charge on any atom is -0.378 e. The van der Waals surface area contributed by atoms with E-state index in [2.05, 4.69) is 25.8 Å². The number of carbonyl (C=O) groups excluding carboxylic acids is 1. The van der Waals surface area contributed by atoms with Crippen molar-refractivity contribution in [1.29, 1.82) is 0 Å². The fourth-order valence-corrected chi connectivity index (χ4v) is 3.44. The van der Waals surface area contributed by atoms with Crippen LogP contribution in [0.1, 0.15) is 31.2 Å². The van der Waals surface area contributed by atoms with E-state index in [0.717, 1.165) is 24.5 Å². The summed E-state index contributed by atoms with van der Waals surface area (Å²) < 4.78 is 0. The highest BCUT2D eigenvalue weighted by atomic mass is 16.6. The molecule has 1 aromatic carbocycles. The van der Waals surface area contributed by atoms with Crippen LogP contribution in [0.25, 0.3) is 0 Å². The Morgan fingerprint density at radius 3 is 2.60 bits per heavy atom. The van der Waals surface area contributed by atoms with Crippen molar-refractivity contribution in [2.75, 3.05) is 36.4 Å². The van der Waals surface area contributed by atoms with Crippen molar-refractivity contribution >= 4 is 23.2 Å². The maximum atomic E-state index is 12.1. The molecule has 1 fully saturated rings. The summed E-state index contributed by atoms with van der Waals surface area (Å²) in [6, 6.07) is 10.1. The Morgan fingerprint density at radius 2 is 1.83 bits per heavy atom. The molecule has 2 aromatic rings. The smallest absolute Gasteiger partial charge is 0.315 e. The zero-order valence-corrected chi connectivity index (χ0v) is 17.0. The number of benzene rings is 1. The number of para-hydroxylation sites is 2. The molecule has 0 bridgehead atoms. The van der Waals surface area contributed by atoms with Crippen molar-refractivity contribution in [2.24, 2.45) is 0 Å². The average Bonchev–Trinajstić information content (AvgIpc) is 3.05. The predicted molar refractivity (Wildman–Crippen MR) is 117 cm³/mol. The first-order valence-corrected chi connectivity index (χ1v) is 10.3. The lowest BCUT2D eigenvalue weighted by Gasteiger charge is -2.21. The summed E-state index contributed by atoms with van der Waals surface area (Å²) in [6.45, 7) is 3.18. The monoisotopic (exact) mass is 412 g/mol. The summed E-state index contributed by atoms with van der Waals surface area (Å²) in [7, 11) is 0. The third kappa shape index (κ3) is 6.33. The van der Waals surface area contributed by atoms with Crippen molar-refractivity contribution in [3.63, 3.8) is 0 Å². The molecule has 9 heteroatoms. The summed E-state index contributed by atoms with van der Waals surface area (Å²) in [5.41, 5.74) is 1.44. The van der Waals surface area contributed by atoms with E-state index in [4.69, 9.17) is 0 Å². The number of aromatic nitrogens is 1. The van der Waals surface area contributed by atoms with Crippen LogP contribution in [0.3, 0.4) is 0 Å². The Hall–Kier alpha value is -3.36. The fraction of sp³-hybridized carbons (Fsp3) is 0.429. The lowest BCUT2D eigenvalue weighted by molar-refractivity contribution is -0.384. The number of pyridine rings is 1. The standard InChI is InChI=1S/C21H28N6O3/c28-21(24-12-11-22-18-7-3-4-8-19(18)27(29)30)25-16-17-9-10-23-20(15-17)26-13-5-1-2-6-14-26/h3-4,7-10,15,22H,1-2,5-6,11-14,16H2,(H2,24,25,28).